The number of hydrogen-bond acceptors (Lipinski definition) is 12. The van der Waals surface area contributed by atoms with E-state index in [4.69, 9.17) is 11.5 Å². The maximum Gasteiger partial charge on any atom is 0.245 e. The van der Waals surface area contributed by atoms with Gasteiger partial charge in [-0.2, -0.15) is 0 Å². The number of nitrogens with one attached hydrogen (secondary N) is 8. The quantitative estimate of drug-likeness (QED) is 0.0328. The number of quaternary nitrogens is 1. The molecule has 0 saturated carbocycles. The lowest BCUT2D eigenvalue weighted by atomic mass is 9.96. The molecule has 0 rings (SSSR count). The topological polar surface area (TPSA) is 370 Å². The van der Waals surface area contributed by atoms with Gasteiger partial charge in [0.2, 0.25) is 53.2 Å². The Morgan fingerprint density at radius 1 is 0.627 bits per heavy atom. The van der Waals surface area contributed by atoms with E-state index in [-0.39, 0.29) is 12.3 Å². The first kappa shape index (κ1) is 54.1. The number of unbranched alkanes of at least 4 members (excludes halogenated alkanes) is 1. The van der Waals surface area contributed by atoms with Crippen LogP contribution in [0.1, 0.15) is 87.5 Å². The van der Waals surface area contributed by atoms with Crippen molar-refractivity contribution in [1.82, 2.24) is 42.5 Å². The van der Waals surface area contributed by atoms with Gasteiger partial charge in [0.15, 0.2) is 0 Å². The molecule has 22 heteroatoms. The van der Waals surface area contributed by atoms with Gasteiger partial charge in [0, 0.05) is 0 Å². The lowest BCUT2D eigenvalue weighted by Crippen LogP contribution is -2.59. The van der Waals surface area contributed by atoms with Crippen molar-refractivity contribution in [2.75, 3.05) is 26.2 Å². The summed E-state index contributed by atoms with van der Waals surface area (Å²) in [5.74, 6) is -7.65. The van der Waals surface area contributed by atoms with Crippen LogP contribution in [0.2, 0.25) is 0 Å². The standard InChI is InChI=1S/C37H69N11O11/c1-9-20(6)30(37(59)48-29(19(4)5)36(58)45-24(31(40)53)14-18(2)3)47-27(52)16-41-26(51)15-42-32(54)21(7)43-34(56)25(17-49)46-33(55)23(12-10-11-13-38)44-35(57)28(39)22(8)50/h18-25,28-30,49-50H,9-17,38-39H2,1-8H3,(H2,40,53)(H,41,51)(H,42,54)(H,43,56)(H,44,57)(H,45,58)(H,46,55)(H,47,52)(H,48,59)/p+1/t20-,21-,22+,23-,24-,25-,28-,29-,30-/m0/s1. The Morgan fingerprint density at radius 2 is 1.17 bits per heavy atom. The molecular formula is C37H70N11O11+. The Balaban J connectivity index is 5.30. The number of aliphatic hydroxyl groups is 2. The van der Waals surface area contributed by atoms with Gasteiger partial charge in [-0.05, 0) is 57.3 Å². The summed E-state index contributed by atoms with van der Waals surface area (Å²) in [4.78, 5) is 115. The first-order valence-electron chi connectivity index (χ1n) is 20.0. The van der Waals surface area contributed by atoms with Crippen molar-refractivity contribution >= 4 is 53.2 Å². The highest BCUT2D eigenvalue weighted by Gasteiger charge is 2.34. The van der Waals surface area contributed by atoms with E-state index in [0.29, 0.717) is 32.2 Å². The average Bonchev–Trinajstić information content (AvgIpc) is 3.16. The molecule has 17 N–H and O–H groups in total. The maximum atomic E-state index is 13.4. The maximum absolute atomic E-state index is 13.4. The third-order valence-corrected chi connectivity index (χ3v) is 9.31. The predicted octanol–water partition coefficient (Wildman–Crippen LogP) is -5.51. The van der Waals surface area contributed by atoms with Crippen molar-refractivity contribution in [2.24, 2.45) is 29.2 Å². The minimum atomic E-state index is -1.53. The molecule has 9 amide bonds. The molecule has 0 unspecified atom stereocenters. The van der Waals surface area contributed by atoms with Crippen molar-refractivity contribution in [3.63, 3.8) is 0 Å². The molecular weight excluding hydrogens is 774 g/mol. The number of carbonyl (C=O) groups is 9. The molecule has 0 aromatic rings. The van der Waals surface area contributed by atoms with Crippen LogP contribution in [0.15, 0.2) is 0 Å². The molecule has 59 heavy (non-hydrogen) atoms. The molecule has 0 saturated heterocycles. The molecule has 0 aromatic heterocycles. The van der Waals surface area contributed by atoms with E-state index in [1.165, 1.54) is 13.8 Å². The molecule has 338 valence electrons. The smallest absolute Gasteiger partial charge is 0.245 e. The summed E-state index contributed by atoms with van der Waals surface area (Å²) >= 11 is 0. The number of amides is 9. The second-order valence-corrected chi connectivity index (χ2v) is 15.4. The van der Waals surface area contributed by atoms with E-state index in [1.807, 2.05) is 13.8 Å². The summed E-state index contributed by atoms with van der Waals surface area (Å²) in [6, 6.07) is -8.37. The highest BCUT2D eigenvalue weighted by Crippen LogP contribution is 2.12. The summed E-state index contributed by atoms with van der Waals surface area (Å²) in [6.07, 6.45) is 0.818. The third-order valence-electron chi connectivity index (χ3n) is 9.31. The zero-order chi connectivity index (χ0) is 45.6. The van der Waals surface area contributed by atoms with Gasteiger partial charge in [-0.1, -0.05) is 48.0 Å². The van der Waals surface area contributed by atoms with Crippen LogP contribution < -0.4 is 59.7 Å². The zero-order valence-electron chi connectivity index (χ0n) is 35.6. The number of rotatable bonds is 28. The molecule has 0 aliphatic rings. The lowest BCUT2D eigenvalue weighted by molar-refractivity contribution is -0.368. The number of nitrogens with two attached hydrogens (primary N) is 2. The van der Waals surface area contributed by atoms with Gasteiger partial charge >= 0.3 is 0 Å². The Hall–Kier alpha value is -4.93. The minimum absolute atomic E-state index is 0.0529. The Bertz CT molecular complexity index is 1430. The third kappa shape index (κ3) is 20.6. The zero-order valence-corrected chi connectivity index (χ0v) is 35.6. The van der Waals surface area contributed by atoms with Crippen molar-refractivity contribution in [1.29, 1.82) is 0 Å². The second kappa shape index (κ2) is 27.7. The van der Waals surface area contributed by atoms with Crippen LogP contribution in [0, 0.1) is 17.8 Å². The van der Waals surface area contributed by atoms with Crippen molar-refractivity contribution in [3.8, 4) is 0 Å². The van der Waals surface area contributed by atoms with E-state index in [2.05, 4.69) is 48.3 Å². The highest BCUT2D eigenvalue weighted by molar-refractivity contribution is 5.97. The summed E-state index contributed by atoms with van der Waals surface area (Å²) < 4.78 is 0. The molecule has 0 bridgehead atoms. The van der Waals surface area contributed by atoms with Crippen molar-refractivity contribution < 1.29 is 59.1 Å². The van der Waals surface area contributed by atoms with Crippen LogP contribution >= 0.6 is 0 Å². The molecule has 0 spiro atoms. The molecule has 0 aliphatic carbocycles. The largest absolute Gasteiger partial charge is 0.394 e. The first-order chi connectivity index (χ1) is 27.5. The Morgan fingerprint density at radius 3 is 1.68 bits per heavy atom. The van der Waals surface area contributed by atoms with Gasteiger partial charge in [-0.25, -0.2) is 0 Å². The summed E-state index contributed by atoms with van der Waals surface area (Å²) in [5, 5.41) is 39.0. The Labute approximate surface area is 345 Å². The van der Waals surface area contributed by atoms with E-state index in [0.717, 1.165) is 0 Å². The van der Waals surface area contributed by atoms with Crippen LogP contribution in [-0.2, 0) is 43.2 Å². The van der Waals surface area contributed by atoms with Crippen molar-refractivity contribution in [2.45, 2.75) is 136 Å². The van der Waals surface area contributed by atoms with Gasteiger partial charge in [0.25, 0.3) is 0 Å². The fourth-order valence-corrected chi connectivity index (χ4v) is 5.37. The van der Waals surface area contributed by atoms with Gasteiger partial charge in [-0.15, -0.1) is 0 Å². The molecule has 0 fully saturated rings. The van der Waals surface area contributed by atoms with E-state index in [1.54, 1.807) is 27.7 Å². The second-order valence-electron chi connectivity index (χ2n) is 15.4. The number of carbonyl (C=O) groups excluding carboxylic acids is 9. The van der Waals surface area contributed by atoms with Crippen LogP contribution in [-0.4, -0.2) is 138 Å². The summed E-state index contributed by atoms with van der Waals surface area (Å²) in [6.45, 7) is 11.7. The molecule has 9 atom stereocenters. The summed E-state index contributed by atoms with van der Waals surface area (Å²) in [5.41, 5.74) is 14.9. The van der Waals surface area contributed by atoms with Crippen LogP contribution in [0.4, 0.5) is 0 Å². The van der Waals surface area contributed by atoms with E-state index < -0.39 is 133 Å². The van der Waals surface area contributed by atoms with Crippen LogP contribution in [0.3, 0.4) is 0 Å². The molecule has 0 radical (unpaired) electrons. The number of hydrogen-bond donors (Lipinski definition) is 13. The van der Waals surface area contributed by atoms with E-state index >= 15 is 0 Å². The highest BCUT2D eigenvalue weighted by atomic mass is 16.3. The fraction of sp³-hybridized carbons (Fsp3) is 0.757. The number of primary amides is 1. The number of aliphatic hydroxyl groups excluding tert-OH is 2. The SMILES string of the molecule is CC[C@H](C)[C@H](NC(=O)CNC(=O)CNC(=O)[C@H](C)NC(=O)[C@H](CO)NC(=O)[C@H](CCCC[NH3+])NC(=O)[C@@H](N)[C@@H](C)O)C(=O)N[C@H](C(=O)N[C@@H](CC(C)C)C(N)=O)C(C)C. The monoisotopic (exact) mass is 845 g/mol. The molecule has 22 nitrogen and oxygen atoms in total. The predicted molar refractivity (Wildman–Crippen MR) is 215 cm³/mol. The molecule has 0 aliphatic heterocycles. The lowest BCUT2D eigenvalue weighted by Gasteiger charge is -2.29. The first-order valence-corrected chi connectivity index (χ1v) is 20.0. The molecule has 0 aromatic carbocycles. The van der Waals surface area contributed by atoms with Crippen LogP contribution in [0.25, 0.3) is 0 Å². The van der Waals surface area contributed by atoms with E-state index in [9.17, 15) is 53.4 Å². The fourth-order valence-electron chi connectivity index (χ4n) is 5.37. The average molecular weight is 845 g/mol. The van der Waals surface area contributed by atoms with Crippen molar-refractivity contribution in [3.05, 3.63) is 0 Å². The molecule has 0 heterocycles. The van der Waals surface area contributed by atoms with Gasteiger partial charge in [0.1, 0.15) is 42.3 Å². The Kier molecular flexibility index (Phi) is 25.4. The van der Waals surface area contributed by atoms with Crippen LogP contribution in [0.5, 0.6) is 0 Å². The minimum Gasteiger partial charge on any atom is -0.394 e. The van der Waals surface area contributed by atoms with Gasteiger partial charge < -0.3 is 69.9 Å². The van der Waals surface area contributed by atoms with Gasteiger partial charge in [0.05, 0.1) is 32.3 Å². The van der Waals surface area contributed by atoms with Gasteiger partial charge in [-0.3, -0.25) is 43.2 Å². The normalized spacial score (nSPS) is 15.8. The summed E-state index contributed by atoms with van der Waals surface area (Å²) in [7, 11) is 0.